The fourth-order valence-electron chi connectivity index (χ4n) is 1.51. The third kappa shape index (κ3) is 3.85. The molecule has 18 heavy (non-hydrogen) atoms. The molecular weight excluding hydrogens is 250 g/mol. The summed E-state index contributed by atoms with van der Waals surface area (Å²) < 4.78 is 31.9. The molecule has 0 saturated heterocycles. The van der Waals surface area contributed by atoms with Gasteiger partial charge in [0.2, 0.25) is 10.0 Å². The van der Waals surface area contributed by atoms with Gasteiger partial charge in [0.25, 0.3) is 0 Å². The Kier molecular flexibility index (Phi) is 5.37. The van der Waals surface area contributed by atoms with Crippen LogP contribution in [0.3, 0.4) is 0 Å². The fraction of sp³-hybridized carbons (Fsp3) is 0.385. The second kappa shape index (κ2) is 6.56. The lowest BCUT2D eigenvalue weighted by molar-refractivity contribution is 0.402. The van der Waals surface area contributed by atoms with Crippen LogP contribution in [0.5, 0.6) is 5.75 Å². The van der Waals surface area contributed by atoms with E-state index >= 15 is 0 Å². The van der Waals surface area contributed by atoms with Crippen molar-refractivity contribution in [3.63, 3.8) is 0 Å². The molecule has 0 aliphatic rings. The van der Waals surface area contributed by atoms with Gasteiger partial charge in [-0.3, -0.25) is 0 Å². The number of methoxy groups -OCH3 is 1. The van der Waals surface area contributed by atoms with Gasteiger partial charge < -0.3 is 4.74 Å². The van der Waals surface area contributed by atoms with Gasteiger partial charge in [0.05, 0.1) is 7.11 Å². The lowest BCUT2D eigenvalue weighted by atomic mass is 10.2. The number of hydrogen-bond acceptors (Lipinski definition) is 3. The van der Waals surface area contributed by atoms with Crippen LogP contribution >= 0.6 is 0 Å². The highest BCUT2D eigenvalue weighted by molar-refractivity contribution is 7.89. The zero-order chi connectivity index (χ0) is 13.6. The highest BCUT2D eigenvalue weighted by atomic mass is 32.2. The first-order chi connectivity index (χ1) is 8.51. The Labute approximate surface area is 109 Å². The molecule has 0 atom stereocenters. The van der Waals surface area contributed by atoms with E-state index < -0.39 is 10.0 Å². The minimum absolute atomic E-state index is 0.186. The van der Waals surface area contributed by atoms with Crippen LogP contribution in [0.2, 0.25) is 0 Å². The van der Waals surface area contributed by atoms with E-state index in [2.05, 4.69) is 4.72 Å². The lowest BCUT2D eigenvalue weighted by Crippen LogP contribution is -2.25. The van der Waals surface area contributed by atoms with Gasteiger partial charge in [0.15, 0.2) is 0 Å². The van der Waals surface area contributed by atoms with Gasteiger partial charge in [0, 0.05) is 6.54 Å². The molecule has 0 radical (unpaired) electrons. The Balaban J connectivity index is 2.93. The zero-order valence-corrected chi connectivity index (χ0v) is 11.8. The molecule has 0 heterocycles. The monoisotopic (exact) mass is 269 g/mol. The second-order valence-corrected chi connectivity index (χ2v) is 5.65. The van der Waals surface area contributed by atoms with Crippen LogP contribution < -0.4 is 9.46 Å². The second-order valence-electron chi connectivity index (χ2n) is 3.91. The maximum absolute atomic E-state index is 12.1. The summed E-state index contributed by atoms with van der Waals surface area (Å²) in [6, 6.07) is 5.09. The molecule has 0 fully saturated rings. The molecule has 0 spiro atoms. The number of rotatable bonds is 6. The van der Waals surface area contributed by atoms with Crippen LogP contribution in [0.15, 0.2) is 35.2 Å². The van der Waals surface area contributed by atoms with E-state index in [1.807, 2.05) is 32.1 Å². The van der Waals surface area contributed by atoms with Crippen LogP contribution in [-0.2, 0) is 10.0 Å². The van der Waals surface area contributed by atoms with Crippen molar-refractivity contribution < 1.29 is 13.2 Å². The number of aryl methyl sites for hydroxylation is 1. The molecular formula is C13H19NO3S. The highest BCUT2D eigenvalue weighted by Gasteiger charge is 2.18. The predicted molar refractivity (Wildman–Crippen MR) is 72.4 cm³/mol. The number of hydrogen-bond donors (Lipinski definition) is 1. The van der Waals surface area contributed by atoms with Crippen molar-refractivity contribution in [2.24, 2.45) is 0 Å². The first-order valence-corrected chi connectivity index (χ1v) is 7.25. The summed E-state index contributed by atoms with van der Waals surface area (Å²) in [5.41, 5.74) is 0.879. The average Bonchev–Trinajstić information content (AvgIpc) is 2.35. The van der Waals surface area contributed by atoms with Crippen molar-refractivity contribution >= 4 is 10.0 Å². The van der Waals surface area contributed by atoms with Gasteiger partial charge in [-0.15, -0.1) is 0 Å². The van der Waals surface area contributed by atoms with Crippen molar-refractivity contribution in [1.29, 1.82) is 0 Å². The maximum Gasteiger partial charge on any atom is 0.244 e. The number of allylic oxidation sites excluding steroid dienone is 1. The maximum atomic E-state index is 12.1. The van der Waals surface area contributed by atoms with Crippen LogP contribution in [-0.4, -0.2) is 22.1 Å². The molecule has 0 amide bonds. The van der Waals surface area contributed by atoms with Crippen molar-refractivity contribution in [2.75, 3.05) is 13.7 Å². The van der Waals surface area contributed by atoms with E-state index in [-0.39, 0.29) is 4.90 Å². The largest absolute Gasteiger partial charge is 0.495 e. The molecule has 1 rings (SSSR count). The van der Waals surface area contributed by atoms with Crippen molar-refractivity contribution in [3.8, 4) is 5.75 Å². The SMILES string of the molecule is C/C=C/CCNS(=O)(=O)c1cc(C)ccc1OC. The molecule has 5 heteroatoms. The topological polar surface area (TPSA) is 55.4 Å². The average molecular weight is 269 g/mol. The van der Waals surface area contributed by atoms with Gasteiger partial charge in [-0.25, -0.2) is 13.1 Å². The van der Waals surface area contributed by atoms with Crippen LogP contribution in [0, 0.1) is 6.92 Å². The van der Waals surface area contributed by atoms with E-state index in [0.717, 1.165) is 5.56 Å². The van der Waals surface area contributed by atoms with Crippen molar-refractivity contribution in [1.82, 2.24) is 4.72 Å². The molecule has 100 valence electrons. The summed E-state index contributed by atoms with van der Waals surface area (Å²) in [5.74, 6) is 0.360. The van der Waals surface area contributed by atoms with Crippen molar-refractivity contribution in [3.05, 3.63) is 35.9 Å². The molecule has 0 aliphatic carbocycles. The molecule has 0 saturated carbocycles. The van der Waals surface area contributed by atoms with Gasteiger partial charge in [-0.2, -0.15) is 0 Å². The Morgan fingerprint density at radius 2 is 2.11 bits per heavy atom. The lowest BCUT2D eigenvalue weighted by Gasteiger charge is -2.10. The van der Waals surface area contributed by atoms with Crippen LogP contribution in [0.4, 0.5) is 0 Å². The molecule has 0 unspecified atom stereocenters. The van der Waals surface area contributed by atoms with Gasteiger partial charge in [0.1, 0.15) is 10.6 Å². The third-order valence-corrected chi connectivity index (χ3v) is 3.93. The van der Waals surface area contributed by atoms with E-state index in [9.17, 15) is 8.42 Å². The zero-order valence-electron chi connectivity index (χ0n) is 10.9. The third-order valence-electron chi connectivity index (χ3n) is 2.45. The number of benzene rings is 1. The molecule has 1 N–H and O–H groups in total. The minimum atomic E-state index is -3.51. The van der Waals surface area contributed by atoms with Gasteiger partial charge >= 0.3 is 0 Å². The molecule has 1 aromatic rings. The smallest absolute Gasteiger partial charge is 0.244 e. The van der Waals surface area contributed by atoms with E-state index in [4.69, 9.17) is 4.74 Å². The van der Waals surface area contributed by atoms with Crippen LogP contribution in [0.1, 0.15) is 18.9 Å². The molecule has 0 aromatic heterocycles. The van der Waals surface area contributed by atoms with Crippen molar-refractivity contribution in [2.45, 2.75) is 25.2 Å². The fourth-order valence-corrected chi connectivity index (χ4v) is 2.81. The predicted octanol–water partition coefficient (Wildman–Crippen LogP) is 2.25. The molecule has 0 aliphatic heterocycles. The first-order valence-electron chi connectivity index (χ1n) is 5.76. The minimum Gasteiger partial charge on any atom is -0.495 e. The summed E-state index contributed by atoms with van der Waals surface area (Å²) >= 11 is 0. The van der Waals surface area contributed by atoms with E-state index in [0.29, 0.717) is 18.7 Å². The number of ether oxygens (including phenoxy) is 1. The Morgan fingerprint density at radius 1 is 1.39 bits per heavy atom. The first kappa shape index (κ1) is 14.7. The normalized spacial score (nSPS) is 11.9. The van der Waals surface area contributed by atoms with E-state index in [1.165, 1.54) is 7.11 Å². The summed E-state index contributed by atoms with van der Waals surface area (Å²) in [6.07, 6.45) is 4.47. The number of nitrogens with one attached hydrogen (secondary N) is 1. The highest BCUT2D eigenvalue weighted by Crippen LogP contribution is 2.24. The summed E-state index contributed by atoms with van der Waals surface area (Å²) in [4.78, 5) is 0.186. The van der Waals surface area contributed by atoms with Gasteiger partial charge in [-0.05, 0) is 38.0 Å². The Bertz CT molecular complexity index is 521. The van der Waals surface area contributed by atoms with Crippen LogP contribution in [0.25, 0.3) is 0 Å². The summed E-state index contributed by atoms with van der Waals surface area (Å²) in [7, 11) is -2.05. The Morgan fingerprint density at radius 3 is 2.72 bits per heavy atom. The van der Waals surface area contributed by atoms with Gasteiger partial charge in [-0.1, -0.05) is 18.2 Å². The quantitative estimate of drug-likeness (QED) is 0.636. The number of sulfonamides is 1. The Hall–Kier alpha value is -1.33. The standard InChI is InChI=1S/C13H19NO3S/c1-4-5-6-9-14-18(15,16)13-10-11(2)7-8-12(13)17-3/h4-5,7-8,10,14H,6,9H2,1-3H3/b5-4+. The molecule has 4 nitrogen and oxygen atoms in total. The van der Waals surface area contributed by atoms with E-state index in [1.54, 1.807) is 12.1 Å². The molecule has 0 bridgehead atoms. The summed E-state index contributed by atoms with van der Waals surface area (Å²) in [5, 5.41) is 0. The summed E-state index contributed by atoms with van der Waals surface area (Å²) in [6.45, 7) is 4.13. The molecule has 1 aromatic carbocycles.